The summed E-state index contributed by atoms with van der Waals surface area (Å²) < 4.78 is 17.0. The van der Waals surface area contributed by atoms with Crippen molar-refractivity contribution in [3.05, 3.63) is 83.9 Å². The Morgan fingerprint density at radius 1 is 1.03 bits per heavy atom. The fourth-order valence-corrected chi connectivity index (χ4v) is 5.53. The predicted octanol–water partition coefficient (Wildman–Crippen LogP) is 5.72. The molecule has 4 rings (SSSR count). The Balaban J connectivity index is 0.00000400. The largest absolute Gasteiger partial charge is 0.497 e. The van der Waals surface area contributed by atoms with E-state index >= 15 is 0 Å². The van der Waals surface area contributed by atoms with Gasteiger partial charge in [-0.1, -0.05) is 54.2 Å². The van der Waals surface area contributed by atoms with Crippen LogP contribution in [0.4, 0.5) is 5.69 Å². The van der Waals surface area contributed by atoms with Gasteiger partial charge in [0.15, 0.2) is 0 Å². The molecule has 1 aliphatic rings. The summed E-state index contributed by atoms with van der Waals surface area (Å²) in [7, 11) is 3.51. The molecule has 0 aliphatic carbocycles. The standard InChI is InChI=1S/C29H32N2O5S.ClH/c1-21(32)31-25-12-7-8-13-27(25)37-29(31)24-18-23(34-3)14-15-26(24)35-17-9-16-30(2)19-28(33)36-20-22-10-5-4-6-11-22;/h4-8,10-15,18,29H,9,16-17,19-20H2,1-3H3;1H. The van der Waals surface area contributed by atoms with E-state index in [1.54, 1.807) is 30.7 Å². The summed E-state index contributed by atoms with van der Waals surface area (Å²) >= 11 is 1.62. The normalized spacial score (nSPS) is 14.0. The lowest BCUT2D eigenvalue weighted by Crippen LogP contribution is -2.29. The second kappa shape index (κ2) is 14.1. The summed E-state index contributed by atoms with van der Waals surface area (Å²) in [4.78, 5) is 29.6. The molecule has 0 bridgehead atoms. The Morgan fingerprint density at radius 2 is 1.76 bits per heavy atom. The van der Waals surface area contributed by atoms with Gasteiger partial charge in [-0.2, -0.15) is 0 Å². The maximum atomic E-state index is 12.6. The van der Waals surface area contributed by atoms with Crippen LogP contribution in [0, 0.1) is 0 Å². The second-order valence-electron chi connectivity index (χ2n) is 8.82. The number of likely N-dealkylation sites (N-methyl/N-ethyl adjacent to an activating group) is 1. The van der Waals surface area contributed by atoms with Gasteiger partial charge in [-0.15, -0.1) is 12.4 Å². The number of benzene rings is 3. The third kappa shape index (κ3) is 7.43. The molecule has 0 spiro atoms. The number of esters is 1. The first-order chi connectivity index (χ1) is 18.0. The minimum Gasteiger partial charge on any atom is -0.497 e. The Hall–Kier alpha value is -3.20. The van der Waals surface area contributed by atoms with Gasteiger partial charge in [0, 0.05) is 23.9 Å². The van der Waals surface area contributed by atoms with E-state index in [1.165, 1.54) is 0 Å². The maximum absolute atomic E-state index is 12.6. The number of methoxy groups -OCH3 is 1. The minimum absolute atomic E-state index is 0. The summed E-state index contributed by atoms with van der Waals surface area (Å²) in [5, 5.41) is -0.248. The smallest absolute Gasteiger partial charge is 0.320 e. The Morgan fingerprint density at radius 3 is 2.50 bits per heavy atom. The number of para-hydroxylation sites is 1. The van der Waals surface area contributed by atoms with Gasteiger partial charge in [-0.3, -0.25) is 19.4 Å². The average molecular weight is 557 g/mol. The van der Waals surface area contributed by atoms with Crippen LogP contribution in [0.1, 0.15) is 29.8 Å². The van der Waals surface area contributed by atoms with E-state index in [-0.39, 0.29) is 42.8 Å². The highest BCUT2D eigenvalue weighted by Crippen LogP contribution is 2.53. The number of nitrogens with zero attached hydrogens (tertiary/aromatic N) is 2. The van der Waals surface area contributed by atoms with E-state index in [0.717, 1.165) is 28.1 Å². The molecule has 9 heteroatoms. The van der Waals surface area contributed by atoms with E-state index in [0.29, 0.717) is 24.7 Å². The molecule has 0 saturated heterocycles. The molecule has 0 radical (unpaired) electrons. The van der Waals surface area contributed by atoms with Crippen LogP contribution in [0.5, 0.6) is 11.5 Å². The zero-order chi connectivity index (χ0) is 26.2. The lowest BCUT2D eigenvalue weighted by Gasteiger charge is -2.26. The van der Waals surface area contributed by atoms with E-state index in [2.05, 4.69) is 0 Å². The van der Waals surface area contributed by atoms with E-state index < -0.39 is 0 Å². The van der Waals surface area contributed by atoms with Crippen molar-refractivity contribution in [1.29, 1.82) is 0 Å². The van der Waals surface area contributed by atoms with Crippen LogP contribution in [0.2, 0.25) is 0 Å². The second-order valence-corrected chi connectivity index (χ2v) is 9.94. The number of carbonyl (C=O) groups is 2. The van der Waals surface area contributed by atoms with Gasteiger partial charge in [0.25, 0.3) is 0 Å². The van der Waals surface area contributed by atoms with Crippen molar-refractivity contribution in [2.45, 2.75) is 30.2 Å². The molecule has 0 aromatic heterocycles. The third-order valence-electron chi connectivity index (χ3n) is 6.00. The quantitative estimate of drug-likeness (QED) is 0.221. The van der Waals surface area contributed by atoms with Gasteiger partial charge < -0.3 is 14.2 Å². The predicted molar refractivity (Wildman–Crippen MR) is 152 cm³/mol. The summed E-state index contributed by atoms with van der Waals surface area (Å²) in [5.74, 6) is 1.13. The lowest BCUT2D eigenvalue weighted by atomic mass is 10.1. The van der Waals surface area contributed by atoms with E-state index in [1.807, 2.05) is 84.7 Å². The van der Waals surface area contributed by atoms with Crippen molar-refractivity contribution in [2.24, 2.45) is 0 Å². The van der Waals surface area contributed by atoms with E-state index in [4.69, 9.17) is 14.2 Å². The molecule has 1 heterocycles. The molecule has 0 saturated carbocycles. The number of hydrogen-bond acceptors (Lipinski definition) is 7. The van der Waals surface area contributed by atoms with Crippen molar-refractivity contribution in [1.82, 2.24) is 4.90 Å². The first-order valence-corrected chi connectivity index (χ1v) is 13.1. The number of rotatable bonds is 11. The van der Waals surface area contributed by atoms with Crippen LogP contribution in [0.15, 0.2) is 77.7 Å². The number of thioether (sulfide) groups is 1. The van der Waals surface area contributed by atoms with Crippen molar-refractivity contribution >= 4 is 41.7 Å². The van der Waals surface area contributed by atoms with Gasteiger partial charge in [0.1, 0.15) is 23.5 Å². The van der Waals surface area contributed by atoms with Crippen LogP contribution < -0.4 is 14.4 Å². The van der Waals surface area contributed by atoms with Gasteiger partial charge >= 0.3 is 5.97 Å². The summed E-state index contributed by atoms with van der Waals surface area (Å²) in [6.45, 7) is 3.21. The number of amides is 1. The number of anilines is 1. The molecule has 7 nitrogen and oxygen atoms in total. The fourth-order valence-electron chi connectivity index (χ4n) is 4.17. The van der Waals surface area contributed by atoms with Crippen molar-refractivity contribution < 1.29 is 23.8 Å². The van der Waals surface area contributed by atoms with Crippen LogP contribution in [-0.4, -0.2) is 50.6 Å². The van der Waals surface area contributed by atoms with E-state index in [9.17, 15) is 9.59 Å². The average Bonchev–Trinajstić information content (AvgIpc) is 3.30. The lowest BCUT2D eigenvalue weighted by molar-refractivity contribution is -0.146. The molecule has 3 aromatic carbocycles. The molecule has 0 fully saturated rings. The topological polar surface area (TPSA) is 68.3 Å². The first-order valence-electron chi connectivity index (χ1n) is 12.2. The van der Waals surface area contributed by atoms with Crippen LogP contribution in [0.25, 0.3) is 0 Å². The Bertz CT molecular complexity index is 1230. The zero-order valence-corrected chi connectivity index (χ0v) is 23.4. The van der Waals surface area contributed by atoms with Gasteiger partial charge in [0.2, 0.25) is 5.91 Å². The summed E-state index contributed by atoms with van der Waals surface area (Å²) in [6.07, 6.45) is 0.725. The molecule has 3 aromatic rings. The minimum atomic E-state index is -0.258. The highest BCUT2D eigenvalue weighted by molar-refractivity contribution is 8.00. The third-order valence-corrected chi connectivity index (χ3v) is 7.29. The Kier molecular flexibility index (Phi) is 10.9. The van der Waals surface area contributed by atoms with Gasteiger partial charge in [0.05, 0.1) is 25.9 Å². The van der Waals surface area contributed by atoms with Crippen LogP contribution in [0.3, 0.4) is 0 Å². The molecule has 1 amide bonds. The zero-order valence-electron chi connectivity index (χ0n) is 21.8. The first kappa shape index (κ1) is 29.4. The van der Waals surface area contributed by atoms with Gasteiger partial charge in [-0.25, -0.2) is 0 Å². The summed E-state index contributed by atoms with van der Waals surface area (Å²) in [5.41, 5.74) is 2.75. The monoisotopic (exact) mass is 556 g/mol. The highest BCUT2D eigenvalue weighted by atomic mass is 35.5. The molecule has 1 atom stereocenters. The maximum Gasteiger partial charge on any atom is 0.320 e. The molecular formula is C29H33ClN2O5S. The number of halogens is 1. The number of fused-ring (bicyclic) bond motifs is 1. The van der Waals surface area contributed by atoms with Crippen LogP contribution in [-0.2, 0) is 20.9 Å². The molecular weight excluding hydrogens is 524 g/mol. The van der Waals surface area contributed by atoms with Crippen molar-refractivity contribution in [3.63, 3.8) is 0 Å². The van der Waals surface area contributed by atoms with Crippen molar-refractivity contribution in [3.8, 4) is 11.5 Å². The molecule has 38 heavy (non-hydrogen) atoms. The van der Waals surface area contributed by atoms with Crippen molar-refractivity contribution in [2.75, 3.05) is 38.8 Å². The molecule has 0 N–H and O–H groups in total. The fraction of sp³-hybridized carbons (Fsp3) is 0.310. The Labute approximate surface area is 234 Å². The number of ether oxygens (including phenoxy) is 3. The van der Waals surface area contributed by atoms with Crippen LogP contribution >= 0.6 is 24.2 Å². The number of hydrogen-bond donors (Lipinski definition) is 0. The molecule has 1 aliphatic heterocycles. The number of carbonyl (C=O) groups excluding carboxylic acids is 2. The van der Waals surface area contributed by atoms with Gasteiger partial charge in [-0.05, 0) is 49.4 Å². The summed E-state index contributed by atoms with van der Waals surface area (Å²) in [6, 6.07) is 23.2. The molecule has 1 unspecified atom stereocenters. The molecule has 202 valence electrons. The SMILES string of the molecule is COc1ccc(OCCCN(C)CC(=O)OCc2ccccc2)c(C2Sc3ccccc3N2C(C)=O)c1.Cl. The highest BCUT2D eigenvalue weighted by Gasteiger charge is 2.35.